The van der Waals surface area contributed by atoms with Crippen LogP contribution in [0.5, 0.6) is 0 Å². The lowest BCUT2D eigenvalue weighted by molar-refractivity contribution is -0.137. The highest BCUT2D eigenvalue weighted by Crippen LogP contribution is 2.81. The third-order valence-electron chi connectivity index (χ3n) is 4.87. The standard InChI is InChI=1S/C12H16O2/c13-10(14)8-9-11-4-1-2-5-12(9,11)7-3-6-11/h3,6,9H,1-2,4-5,7-8H2,(H,13,14). The Morgan fingerprint density at radius 2 is 2.21 bits per heavy atom. The zero-order chi connectivity index (χ0) is 9.81. The average molecular weight is 192 g/mol. The predicted octanol–water partition coefficient (Wildman–Crippen LogP) is 2.60. The number of hydrogen-bond acceptors (Lipinski definition) is 1. The number of carboxylic acid groups (broad SMARTS) is 1. The van der Waals surface area contributed by atoms with Crippen LogP contribution in [0.2, 0.25) is 0 Å². The molecule has 0 saturated heterocycles. The van der Waals surface area contributed by atoms with Crippen LogP contribution in [0.15, 0.2) is 12.2 Å². The van der Waals surface area contributed by atoms with Gasteiger partial charge in [0, 0.05) is 6.42 Å². The van der Waals surface area contributed by atoms with Crippen molar-refractivity contribution in [2.24, 2.45) is 16.7 Å². The molecule has 0 aromatic carbocycles. The first-order chi connectivity index (χ1) is 6.71. The fraction of sp³-hybridized carbons (Fsp3) is 0.750. The molecule has 3 aliphatic carbocycles. The maximum atomic E-state index is 10.8. The van der Waals surface area contributed by atoms with E-state index in [1.807, 2.05) is 0 Å². The highest BCUT2D eigenvalue weighted by Gasteiger charge is 2.75. The minimum absolute atomic E-state index is 0.323. The van der Waals surface area contributed by atoms with Gasteiger partial charge >= 0.3 is 5.97 Å². The number of carboxylic acids is 1. The van der Waals surface area contributed by atoms with Gasteiger partial charge in [-0.05, 0) is 36.0 Å². The number of allylic oxidation sites excluding steroid dienone is 2. The largest absolute Gasteiger partial charge is 0.481 e. The first-order valence-corrected chi connectivity index (χ1v) is 5.61. The molecule has 2 saturated carbocycles. The Morgan fingerprint density at radius 1 is 1.43 bits per heavy atom. The second kappa shape index (κ2) is 2.41. The summed E-state index contributed by atoms with van der Waals surface area (Å²) in [6.45, 7) is 0. The highest BCUT2D eigenvalue weighted by molar-refractivity contribution is 5.69. The summed E-state index contributed by atoms with van der Waals surface area (Å²) < 4.78 is 0. The predicted molar refractivity (Wildman–Crippen MR) is 52.8 cm³/mol. The van der Waals surface area contributed by atoms with Crippen LogP contribution < -0.4 is 0 Å². The van der Waals surface area contributed by atoms with E-state index >= 15 is 0 Å². The van der Waals surface area contributed by atoms with E-state index in [1.165, 1.54) is 25.7 Å². The molecule has 3 atom stereocenters. The maximum Gasteiger partial charge on any atom is 0.303 e. The topological polar surface area (TPSA) is 37.3 Å². The first kappa shape index (κ1) is 8.51. The number of hydrogen-bond donors (Lipinski definition) is 1. The first-order valence-electron chi connectivity index (χ1n) is 5.61. The minimum atomic E-state index is -0.613. The molecule has 2 fully saturated rings. The fourth-order valence-electron chi connectivity index (χ4n) is 4.31. The molecular formula is C12H16O2. The van der Waals surface area contributed by atoms with Crippen LogP contribution in [0.25, 0.3) is 0 Å². The van der Waals surface area contributed by atoms with Crippen molar-refractivity contribution in [1.29, 1.82) is 0 Å². The van der Waals surface area contributed by atoms with Crippen molar-refractivity contribution < 1.29 is 9.90 Å². The molecule has 0 aromatic rings. The van der Waals surface area contributed by atoms with Crippen LogP contribution in [0.1, 0.15) is 38.5 Å². The Hall–Kier alpha value is -0.790. The van der Waals surface area contributed by atoms with E-state index in [0.717, 1.165) is 6.42 Å². The quantitative estimate of drug-likeness (QED) is 0.683. The second-order valence-corrected chi connectivity index (χ2v) is 5.16. The van der Waals surface area contributed by atoms with E-state index < -0.39 is 5.97 Å². The van der Waals surface area contributed by atoms with Crippen LogP contribution >= 0.6 is 0 Å². The van der Waals surface area contributed by atoms with Crippen molar-refractivity contribution in [3.63, 3.8) is 0 Å². The van der Waals surface area contributed by atoms with Gasteiger partial charge in [0.2, 0.25) is 0 Å². The fourth-order valence-corrected chi connectivity index (χ4v) is 4.31. The monoisotopic (exact) mass is 192 g/mol. The third-order valence-corrected chi connectivity index (χ3v) is 4.87. The molecule has 14 heavy (non-hydrogen) atoms. The van der Waals surface area contributed by atoms with Crippen molar-refractivity contribution in [1.82, 2.24) is 0 Å². The normalized spacial score (nSPS) is 48.4. The summed E-state index contributed by atoms with van der Waals surface area (Å²) in [4.78, 5) is 10.8. The van der Waals surface area contributed by atoms with Crippen molar-refractivity contribution >= 4 is 5.97 Å². The summed E-state index contributed by atoms with van der Waals surface area (Å²) in [6, 6.07) is 0. The van der Waals surface area contributed by atoms with E-state index in [4.69, 9.17) is 5.11 Å². The molecule has 76 valence electrons. The molecule has 0 heterocycles. The van der Waals surface area contributed by atoms with E-state index in [2.05, 4.69) is 12.2 Å². The molecule has 2 heteroatoms. The lowest BCUT2D eigenvalue weighted by atomic mass is 9.82. The summed E-state index contributed by atoms with van der Waals surface area (Å²) in [6.07, 6.45) is 11.2. The van der Waals surface area contributed by atoms with E-state index in [-0.39, 0.29) is 0 Å². The van der Waals surface area contributed by atoms with Gasteiger partial charge in [-0.2, -0.15) is 0 Å². The van der Waals surface area contributed by atoms with Crippen molar-refractivity contribution in [2.75, 3.05) is 0 Å². The second-order valence-electron chi connectivity index (χ2n) is 5.16. The summed E-state index contributed by atoms with van der Waals surface area (Å²) in [7, 11) is 0. The van der Waals surface area contributed by atoms with Gasteiger partial charge in [-0.25, -0.2) is 0 Å². The number of rotatable bonds is 2. The van der Waals surface area contributed by atoms with Crippen LogP contribution in [-0.2, 0) is 4.79 Å². The molecule has 3 unspecified atom stereocenters. The van der Waals surface area contributed by atoms with Gasteiger partial charge in [0.15, 0.2) is 0 Å². The summed E-state index contributed by atoms with van der Waals surface area (Å²) in [5.74, 6) is -0.154. The number of aliphatic carboxylic acids is 1. The summed E-state index contributed by atoms with van der Waals surface area (Å²) in [5.41, 5.74) is 0.716. The molecule has 0 amide bonds. The van der Waals surface area contributed by atoms with E-state index in [9.17, 15) is 4.79 Å². The van der Waals surface area contributed by atoms with Crippen molar-refractivity contribution in [3.8, 4) is 0 Å². The molecule has 0 radical (unpaired) electrons. The summed E-state index contributed by atoms with van der Waals surface area (Å²) in [5, 5.41) is 8.90. The molecule has 3 rings (SSSR count). The molecule has 0 spiro atoms. The zero-order valence-electron chi connectivity index (χ0n) is 8.33. The molecule has 0 aliphatic heterocycles. The van der Waals surface area contributed by atoms with Gasteiger partial charge in [-0.15, -0.1) is 0 Å². The lowest BCUT2D eigenvalue weighted by Crippen LogP contribution is -2.12. The third kappa shape index (κ3) is 0.760. The van der Waals surface area contributed by atoms with Gasteiger partial charge in [-0.3, -0.25) is 4.79 Å². The van der Waals surface area contributed by atoms with Crippen molar-refractivity contribution in [2.45, 2.75) is 38.5 Å². The van der Waals surface area contributed by atoms with Gasteiger partial charge in [0.25, 0.3) is 0 Å². The maximum absolute atomic E-state index is 10.8. The van der Waals surface area contributed by atoms with Gasteiger partial charge in [0.1, 0.15) is 0 Å². The highest BCUT2D eigenvalue weighted by atomic mass is 16.4. The Labute approximate surface area is 84.0 Å². The molecule has 0 aromatic heterocycles. The van der Waals surface area contributed by atoms with Crippen LogP contribution in [-0.4, -0.2) is 11.1 Å². The van der Waals surface area contributed by atoms with Crippen molar-refractivity contribution in [3.05, 3.63) is 12.2 Å². The van der Waals surface area contributed by atoms with Crippen LogP contribution in [0.3, 0.4) is 0 Å². The molecule has 1 N–H and O–H groups in total. The lowest BCUT2D eigenvalue weighted by Gasteiger charge is -2.23. The summed E-state index contributed by atoms with van der Waals surface area (Å²) >= 11 is 0. The van der Waals surface area contributed by atoms with Crippen LogP contribution in [0.4, 0.5) is 0 Å². The Morgan fingerprint density at radius 3 is 2.93 bits per heavy atom. The van der Waals surface area contributed by atoms with E-state index in [1.54, 1.807) is 0 Å². The van der Waals surface area contributed by atoms with Gasteiger partial charge in [-0.1, -0.05) is 25.0 Å². The molecule has 0 bridgehead atoms. The van der Waals surface area contributed by atoms with Gasteiger partial charge < -0.3 is 5.11 Å². The minimum Gasteiger partial charge on any atom is -0.481 e. The van der Waals surface area contributed by atoms with E-state index in [0.29, 0.717) is 23.2 Å². The molecule has 2 nitrogen and oxygen atoms in total. The molecule has 3 aliphatic rings. The Kier molecular flexibility index (Phi) is 1.47. The SMILES string of the molecule is O=C(O)CC1C23C=CCC12CCCC3. The Bertz CT molecular complexity index is 320. The van der Waals surface area contributed by atoms with Crippen LogP contribution in [0, 0.1) is 16.7 Å². The smallest absolute Gasteiger partial charge is 0.303 e. The average Bonchev–Trinajstić information content (AvgIpc) is 2.54. The Balaban J connectivity index is 1.89. The zero-order valence-corrected chi connectivity index (χ0v) is 8.33. The molecular weight excluding hydrogens is 176 g/mol. The number of carbonyl (C=O) groups is 1. The van der Waals surface area contributed by atoms with Gasteiger partial charge in [0.05, 0.1) is 0 Å².